The maximum atomic E-state index is 12.2. The second kappa shape index (κ2) is 7.79. The van der Waals surface area contributed by atoms with Crippen molar-refractivity contribution in [3.05, 3.63) is 59.7 Å². The number of nitrogens with one attached hydrogen (secondary N) is 1. The molecule has 23 heavy (non-hydrogen) atoms. The van der Waals surface area contributed by atoms with Gasteiger partial charge in [-0.1, -0.05) is 30.3 Å². The summed E-state index contributed by atoms with van der Waals surface area (Å²) in [5, 5.41) is 2.86. The van der Waals surface area contributed by atoms with Crippen LogP contribution in [0.15, 0.2) is 48.5 Å². The van der Waals surface area contributed by atoms with Crippen molar-refractivity contribution in [3.8, 4) is 5.75 Å². The predicted molar refractivity (Wildman–Crippen MR) is 93.7 cm³/mol. The van der Waals surface area contributed by atoms with Crippen molar-refractivity contribution in [3.63, 3.8) is 0 Å². The molecule has 0 radical (unpaired) electrons. The van der Waals surface area contributed by atoms with Gasteiger partial charge in [-0.2, -0.15) is 0 Å². The van der Waals surface area contributed by atoms with E-state index in [2.05, 4.69) is 5.32 Å². The summed E-state index contributed by atoms with van der Waals surface area (Å²) in [4.78, 5) is 12.2. The first kappa shape index (κ1) is 17.0. The smallest absolute Gasteiger partial charge is 0.241 e. The van der Waals surface area contributed by atoms with Crippen molar-refractivity contribution in [2.45, 2.75) is 39.3 Å². The average molecular weight is 312 g/mol. The van der Waals surface area contributed by atoms with E-state index in [4.69, 9.17) is 10.5 Å². The van der Waals surface area contributed by atoms with Crippen molar-refractivity contribution in [1.82, 2.24) is 0 Å². The normalized spacial score (nSPS) is 12.0. The van der Waals surface area contributed by atoms with Gasteiger partial charge in [-0.15, -0.1) is 0 Å². The van der Waals surface area contributed by atoms with Gasteiger partial charge in [0.15, 0.2) is 0 Å². The third-order valence-corrected chi connectivity index (χ3v) is 3.44. The van der Waals surface area contributed by atoms with Crippen LogP contribution in [-0.2, 0) is 11.2 Å². The summed E-state index contributed by atoms with van der Waals surface area (Å²) in [6.07, 6.45) is 0.633. The highest BCUT2D eigenvalue weighted by Gasteiger charge is 2.14. The SMILES string of the molecule is Cc1cc(NC(=O)[C@@H](N)Cc2ccccc2)ccc1OC(C)C. The summed E-state index contributed by atoms with van der Waals surface area (Å²) in [7, 11) is 0. The molecule has 0 aliphatic rings. The van der Waals surface area contributed by atoms with E-state index < -0.39 is 6.04 Å². The van der Waals surface area contributed by atoms with Crippen molar-refractivity contribution in [2.24, 2.45) is 5.73 Å². The summed E-state index contributed by atoms with van der Waals surface area (Å²) >= 11 is 0. The Morgan fingerprint density at radius 3 is 2.48 bits per heavy atom. The van der Waals surface area contributed by atoms with Crippen LogP contribution in [-0.4, -0.2) is 18.1 Å². The lowest BCUT2D eigenvalue weighted by Crippen LogP contribution is -2.37. The molecular weight excluding hydrogens is 288 g/mol. The van der Waals surface area contributed by atoms with Gasteiger partial charge >= 0.3 is 0 Å². The topological polar surface area (TPSA) is 64.4 Å². The van der Waals surface area contributed by atoms with Crippen molar-refractivity contribution in [1.29, 1.82) is 0 Å². The first-order valence-corrected chi connectivity index (χ1v) is 7.83. The summed E-state index contributed by atoms with van der Waals surface area (Å²) in [6, 6.07) is 14.8. The molecule has 0 aliphatic heterocycles. The molecule has 2 aromatic carbocycles. The van der Waals surface area contributed by atoms with E-state index in [1.54, 1.807) is 0 Å². The predicted octanol–water partition coefficient (Wildman–Crippen LogP) is 3.29. The second-order valence-corrected chi connectivity index (χ2v) is 5.93. The maximum Gasteiger partial charge on any atom is 0.241 e. The fourth-order valence-corrected chi connectivity index (χ4v) is 2.31. The molecule has 1 atom stereocenters. The molecular formula is C19H24N2O2. The van der Waals surface area contributed by atoms with Gasteiger partial charge in [-0.3, -0.25) is 4.79 Å². The van der Waals surface area contributed by atoms with E-state index in [-0.39, 0.29) is 12.0 Å². The highest BCUT2D eigenvalue weighted by molar-refractivity contribution is 5.95. The van der Waals surface area contributed by atoms with Crippen molar-refractivity contribution in [2.75, 3.05) is 5.32 Å². The fraction of sp³-hybridized carbons (Fsp3) is 0.316. The van der Waals surface area contributed by atoms with E-state index in [1.165, 1.54) is 0 Å². The van der Waals surface area contributed by atoms with E-state index in [0.717, 1.165) is 22.6 Å². The number of nitrogens with two attached hydrogens (primary N) is 1. The standard InChI is InChI=1S/C19H24N2O2/c1-13(2)23-18-10-9-16(11-14(18)3)21-19(22)17(20)12-15-7-5-4-6-8-15/h4-11,13,17H,12,20H2,1-3H3,(H,21,22)/t17-/m0/s1. The van der Waals surface area contributed by atoms with Gasteiger partial charge in [-0.05, 0) is 56.5 Å². The molecule has 4 heteroatoms. The molecule has 3 N–H and O–H groups in total. The highest BCUT2D eigenvalue weighted by Crippen LogP contribution is 2.23. The number of hydrogen-bond donors (Lipinski definition) is 2. The molecule has 2 aromatic rings. The number of aryl methyl sites for hydroxylation is 1. The molecule has 4 nitrogen and oxygen atoms in total. The summed E-state index contributed by atoms with van der Waals surface area (Å²) < 4.78 is 5.69. The first-order chi connectivity index (χ1) is 11.0. The Morgan fingerprint density at radius 2 is 1.87 bits per heavy atom. The van der Waals surface area contributed by atoms with Crippen LogP contribution in [0.3, 0.4) is 0 Å². The average Bonchev–Trinajstić information content (AvgIpc) is 2.50. The number of amides is 1. The quantitative estimate of drug-likeness (QED) is 0.860. The van der Waals surface area contributed by atoms with Crippen LogP contribution < -0.4 is 15.8 Å². The Kier molecular flexibility index (Phi) is 5.77. The molecule has 0 unspecified atom stereocenters. The van der Waals surface area contributed by atoms with Crippen LogP contribution in [0.5, 0.6) is 5.75 Å². The Balaban J connectivity index is 1.98. The van der Waals surface area contributed by atoms with E-state index in [1.807, 2.05) is 69.3 Å². The number of carbonyl (C=O) groups excluding carboxylic acids is 1. The minimum Gasteiger partial charge on any atom is -0.491 e. The van der Waals surface area contributed by atoms with E-state index >= 15 is 0 Å². The second-order valence-electron chi connectivity index (χ2n) is 5.93. The number of benzene rings is 2. The van der Waals surface area contributed by atoms with Crippen molar-refractivity contribution >= 4 is 11.6 Å². The van der Waals surface area contributed by atoms with E-state index in [0.29, 0.717) is 6.42 Å². The molecule has 2 rings (SSSR count). The fourth-order valence-electron chi connectivity index (χ4n) is 2.31. The number of hydrogen-bond acceptors (Lipinski definition) is 3. The molecule has 0 spiro atoms. The lowest BCUT2D eigenvalue weighted by Gasteiger charge is -2.15. The van der Waals surface area contributed by atoms with E-state index in [9.17, 15) is 4.79 Å². The number of ether oxygens (including phenoxy) is 1. The van der Waals surface area contributed by atoms with Gasteiger partial charge in [0.05, 0.1) is 12.1 Å². The lowest BCUT2D eigenvalue weighted by atomic mass is 10.1. The minimum absolute atomic E-state index is 0.119. The Labute approximate surface area is 137 Å². The van der Waals surface area contributed by atoms with Gasteiger partial charge in [0.25, 0.3) is 0 Å². The molecule has 0 heterocycles. The van der Waals surface area contributed by atoms with Crippen molar-refractivity contribution < 1.29 is 9.53 Å². The first-order valence-electron chi connectivity index (χ1n) is 7.83. The Hall–Kier alpha value is -2.33. The number of rotatable bonds is 6. The number of carbonyl (C=O) groups is 1. The maximum absolute atomic E-state index is 12.2. The summed E-state index contributed by atoms with van der Waals surface area (Å²) in [5.74, 6) is 0.636. The molecule has 0 bridgehead atoms. The molecule has 0 saturated carbocycles. The molecule has 0 fully saturated rings. The third kappa shape index (κ3) is 5.11. The molecule has 0 aromatic heterocycles. The number of anilines is 1. The molecule has 122 valence electrons. The monoisotopic (exact) mass is 312 g/mol. The Bertz CT molecular complexity index is 654. The van der Waals surface area contributed by atoms with Gasteiger partial charge in [0.2, 0.25) is 5.91 Å². The molecule has 0 aliphatic carbocycles. The van der Waals surface area contributed by atoms with Crippen LogP contribution in [0.2, 0.25) is 0 Å². The molecule has 0 saturated heterocycles. The highest BCUT2D eigenvalue weighted by atomic mass is 16.5. The summed E-state index contributed by atoms with van der Waals surface area (Å²) in [5.41, 5.74) is 8.75. The largest absolute Gasteiger partial charge is 0.491 e. The van der Waals surface area contributed by atoms with Gasteiger partial charge in [0.1, 0.15) is 5.75 Å². The third-order valence-electron chi connectivity index (χ3n) is 3.44. The minimum atomic E-state index is -0.579. The van der Waals surface area contributed by atoms with Crippen LogP contribution in [0.1, 0.15) is 25.0 Å². The van der Waals surface area contributed by atoms with Gasteiger partial charge in [0, 0.05) is 5.69 Å². The van der Waals surface area contributed by atoms with Gasteiger partial charge < -0.3 is 15.8 Å². The molecule has 1 amide bonds. The lowest BCUT2D eigenvalue weighted by molar-refractivity contribution is -0.117. The zero-order valence-electron chi connectivity index (χ0n) is 13.9. The van der Waals surface area contributed by atoms with Gasteiger partial charge in [-0.25, -0.2) is 0 Å². The van der Waals surface area contributed by atoms with Crippen LogP contribution in [0.4, 0.5) is 5.69 Å². The van der Waals surface area contributed by atoms with Crippen LogP contribution >= 0.6 is 0 Å². The zero-order valence-corrected chi connectivity index (χ0v) is 13.9. The van der Waals surface area contributed by atoms with Crippen LogP contribution in [0.25, 0.3) is 0 Å². The summed E-state index contributed by atoms with van der Waals surface area (Å²) in [6.45, 7) is 5.92. The van der Waals surface area contributed by atoms with Crippen LogP contribution in [0, 0.1) is 6.92 Å². The zero-order chi connectivity index (χ0) is 16.8. The Morgan fingerprint density at radius 1 is 1.17 bits per heavy atom.